The van der Waals surface area contributed by atoms with Gasteiger partial charge in [-0.15, -0.1) is 0 Å². The predicted molar refractivity (Wildman–Crippen MR) is 64.8 cm³/mol. The number of aliphatic carboxylic acids is 1. The van der Waals surface area contributed by atoms with Gasteiger partial charge in [-0.25, -0.2) is 0 Å². The van der Waals surface area contributed by atoms with Gasteiger partial charge < -0.3 is 9.84 Å². The van der Waals surface area contributed by atoms with Crippen molar-refractivity contribution in [2.75, 3.05) is 0 Å². The van der Waals surface area contributed by atoms with Crippen molar-refractivity contribution in [2.45, 2.75) is 25.9 Å². The van der Waals surface area contributed by atoms with Crippen LogP contribution in [0.2, 0.25) is 0 Å². The molecular formula is C12H12N2O5. The number of nitriles is 1. The number of nitro groups is 1. The molecule has 0 saturated heterocycles. The molecule has 0 aliphatic carbocycles. The topological polar surface area (TPSA) is 113 Å². The molecule has 1 atom stereocenters. The molecule has 1 N–H and O–H groups in total. The monoisotopic (exact) mass is 264 g/mol. The van der Waals surface area contributed by atoms with Crippen molar-refractivity contribution in [1.82, 2.24) is 0 Å². The van der Waals surface area contributed by atoms with Crippen LogP contribution in [-0.2, 0) is 4.79 Å². The molecule has 1 unspecified atom stereocenters. The van der Waals surface area contributed by atoms with E-state index < -0.39 is 17.0 Å². The lowest BCUT2D eigenvalue weighted by atomic mass is 10.2. The Bertz CT molecular complexity index is 535. The van der Waals surface area contributed by atoms with E-state index in [9.17, 15) is 14.9 Å². The number of carbonyl (C=O) groups is 1. The minimum absolute atomic E-state index is 0.0295. The van der Waals surface area contributed by atoms with Crippen molar-refractivity contribution in [1.29, 1.82) is 5.26 Å². The Kier molecular flexibility index (Phi) is 4.83. The lowest BCUT2D eigenvalue weighted by Crippen LogP contribution is -2.14. The van der Waals surface area contributed by atoms with E-state index >= 15 is 0 Å². The number of hydrogen-bond donors (Lipinski definition) is 1. The van der Waals surface area contributed by atoms with E-state index in [0.29, 0.717) is 0 Å². The minimum Gasteiger partial charge on any atom is -0.484 e. The van der Waals surface area contributed by atoms with Gasteiger partial charge in [0.1, 0.15) is 0 Å². The lowest BCUT2D eigenvalue weighted by molar-refractivity contribution is -0.386. The largest absolute Gasteiger partial charge is 0.484 e. The first-order chi connectivity index (χ1) is 8.93. The van der Waals surface area contributed by atoms with Crippen LogP contribution in [0, 0.1) is 21.4 Å². The molecule has 0 aliphatic rings. The number of carboxylic acid groups (broad SMARTS) is 1. The standard InChI is InChI=1S/C12H12N2O5/c1-8(2-5-12(15)16)19-11-4-3-9(7-13)6-10(11)14(17)18/h3-4,6,8H,2,5H2,1H3,(H,15,16). The summed E-state index contributed by atoms with van der Waals surface area (Å²) in [6.45, 7) is 1.63. The first-order valence-electron chi connectivity index (χ1n) is 5.51. The number of ether oxygens (including phenoxy) is 1. The Morgan fingerprint density at radius 1 is 1.63 bits per heavy atom. The third kappa shape index (κ3) is 4.27. The third-order valence-electron chi connectivity index (χ3n) is 2.38. The average Bonchev–Trinajstić information content (AvgIpc) is 2.36. The molecule has 0 saturated carbocycles. The van der Waals surface area contributed by atoms with Crippen molar-refractivity contribution in [2.24, 2.45) is 0 Å². The Labute approximate surface area is 109 Å². The fourth-order valence-electron chi connectivity index (χ4n) is 1.43. The lowest BCUT2D eigenvalue weighted by Gasteiger charge is -2.13. The fraction of sp³-hybridized carbons (Fsp3) is 0.333. The van der Waals surface area contributed by atoms with E-state index in [1.54, 1.807) is 13.0 Å². The third-order valence-corrected chi connectivity index (χ3v) is 2.38. The summed E-state index contributed by atoms with van der Waals surface area (Å²) in [5.74, 6) is -0.924. The van der Waals surface area contributed by atoms with E-state index in [4.69, 9.17) is 15.1 Å². The minimum atomic E-state index is -0.954. The zero-order chi connectivity index (χ0) is 14.4. The average molecular weight is 264 g/mol. The molecule has 0 heterocycles. The highest BCUT2D eigenvalue weighted by Gasteiger charge is 2.18. The number of benzene rings is 1. The molecule has 7 nitrogen and oxygen atoms in total. The van der Waals surface area contributed by atoms with Crippen molar-refractivity contribution in [3.63, 3.8) is 0 Å². The molecule has 0 fully saturated rings. The van der Waals surface area contributed by atoms with E-state index in [1.807, 2.05) is 0 Å². The Hall–Kier alpha value is -2.62. The first-order valence-corrected chi connectivity index (χ1v) is 5.51. The van der Waals surface area contributed by atoms with E-state index in [1.165, 1.54) is 12.1 Å². The van der Waals surface area contributed by atoms with Gasteiger partial charge >= 0.3 is 11.7 Å². The molecule has 1 aromatic rings. The van der Waals surface area contributed by atoms with Crippen LogP contribution in [0.4, 0.5) is 5.69 Å². The van der Waals surface area contributed by atoms with Gasteiger partial charge in [-0.05, 0) is 25.5 Å². The molecule has 0 spiro atoms. The molecular weight excluding hydrogens is 252 g/mol. The number of hydrogen-bond acceptors (Lipinski definition) is 5. The zero-order valence-corrected chi connectivity index (χ0v) is 10.2. The van der Waals surface area contributed by atoms with Gasteiger partial charge in [-0.3, -0.25) is 14.9 Å². The van der Waals surface area contributed by atoms with Gasteiger partial charge in [0, 0.05) is 12.5 Å². The number of carboxylic acids is 1. The van der Waals surface area contributed by atoms with E-state index in [-0.39, 0.29) is 29.8 Å². The SMILES string of the molecule is CC(CCC(=O)O)Oc1ccc(C#N)cc1[N+](=O)[O-]. The second kappa shape index (κ2) is 6.35. The maximum absolute atomic E-state index is 10.9. The van der Waals surface area contributed by atoms with E-state index in [0.717, 1.165) is 6.07 Å². The molecule has 19 heavy (non-hydrogen) atoms. The van der Waals surface area contributed by atoms with Crippen molar-refractivity contribution in [3.05, 3.63) is 33.9 Å². The number of rotatable bonds is 6. The second-order valence-electron chi connectivity index (χ2n) is 3.91. The highest BCUT2D eigenvalue weighted by atomic mass is 16.6. The summed E-state index contributed by atoms with van der Waals surface area (Å²) in [6.07, 6.45) is -0.305. The van der Waals surface area contributed by atoms with Gasteiger partial charge in [0.2, 0.25) is 0 Å². The summed E-state index contributed by atoms with van der Waals surface area (Å²) < 4.78 is 5.34. The highest BCUT2D eigenvalue weighted by molar-refractivity contribution is 5.66. The number of nitrogens with zero attached hydrogens (tertiary/aromatic N) is 2. The van der Waals surface area contributed by atoms with Crippen LogP contribution in [0.3, 0.4) is 0 Å². The van der Waals surface area contributed by atoms with E-state index in [2.05, 4.69) is 0 Å². The van der Waals surface area contributed by atoms with Gasteiger partial charge in [0.25, 0.3) is 0 Å². The molecule has 100 valence electrons. The predicted octanol–water partition coefficient (Wildman–Crippen LogP) is 2.10. The Balaban J connectivity index is 2.86. The maximum atomic E-state index is 10.9. The Morgan fingerprint density at radius 2 is 2.32 bits per heavy atom. The summed E-state index contributed by atoms with van der Waals surface area (Å²) >= 11 is 0. The zero-order valence-electron chi connectivity index (χ0n) is 10.2. The van der Waals surface area contributed by atoms with Gasteiger partial charge in [0.15, 0.2) is 5.75 Å². The van der Waals surface area contributed by atoms with Gasteiger partial charge in [-0.2, -0.15) is 5.26 Å². The van der Waals surface area contributed by atoms with Crippen molar-refractivity contribution < 1.29 is 19.6 Å². The molecule has 0 amide bonds. The van der Waals surface area contributed by atoms with Crippen LogP contribution < -0.4 is 4.74 Å². The van der Waals surface area contributed by atoms with Crippen LogP contribution in [-0.4, -0.2) is 22.1 Å². The van der Waals surface area contributed by atoms with Crippen LogP contribution in [0.25, 0.3) is 0 Å². The summed E-state index contributed by atoms with van der Waals surface area (Å²) in [5.41, 5.74) is -0.140. The summed E-state index contributed by atoms with van der Waals surface area (Å²) in [4.78, 5) is 20.6. The summed E-state index contributed by atoms with van der Waals surface area (Å²) in [5, 5.41) is 28.1. The smallest absolute Gasteiger partial charge is 0.312 e. The molecule has 1 aromatic carbocycles. The second-order valence-corrected chi connectivity index (χ2v) is 3.91. The highest BCUT2D eigenvalue weighted by Crippen LogP contribution is 2.29. The van der Waals surface area contributed by atoms with Crippen LogP contribution in [0.15, 0.2) is 18.2 Å². The summed E-state index contributed by atoms with van der Waals surface area (Å²) in [7, 11) is 0. The van der Waals surface area contributed by atoms with Crippen LogP contribution in [0.5, 0.6) is 5.75 Å². The quantitative estimate of drug-likeness (QED) is 0.621. The first kappa shape index (κ1) is 14.4. The maximum Gasteiger partial charge on any atom is 0.312 e. The van der Waals surface area contributed by atoms with Gasteiger partial charge in [-0.1, -0.05) is 0 Å². The number of nitro benzene ring substituents is 1. The molecule has 0 aromatic heterocycles. The normalized spacial score (nSPS) is 11.4. The fourth-order valence-corrected chi connectivity index (χ4v) is 1.43. The molecule has 7 heteroatoms. The van der Waals surface area contributed by atoms with Crippen molar-refractivity contribution in [3.8, 4) is 11.8 Å². The van der Waals surface area contributed by atoms with Crippen LogP contribution >= 0.6 is 0 Å². The van der Waals surface area contributed by atoms with Crippen molar-refractivity contribution >= 4 is 11.7 Å². The molecule has 0 aliphatic heterocycles. The Morgan fingerprint density at radius 3 is 2.84 bits per heavy atom. The molecule has 0 bridgehead atoms. The van der Waals surface area contributed by atoms with Crippen LogP contribution in [0.1, 0.15) is 25.3 Å². The summed E-state index contributed by atoms with van der Waals surface area (Å²) in [6, 6.07) is 5.68. The molecule has 0 radical (unpaired) electrons. The molecule has 1 rings (SSSR count). The van der Waals surface area contributed by atoms with Gasteiger partial charge in [0.05, 0.1) is 22.7 Å².